The maximum atomic E-state index is 11.4. The van der Waals surface area contributed by atoms with E-state index in [1.54, 1.807) is 7.11 Å². The van der Waals surface area contributed by atoms with E-state index >= 15 is 0 Å². The number of methoxy groups -OCH3 is 1. The molecule has 1 aliphatic heterocycles. The second-order valence-corrected chi connectivity index (χ2v) is 5.62. The van der Waals surface area contributed by atoms with Crippen LogP contribution in [0.3, 0.4) is 0 Å². The van der Waals surface area contributed by atoms with Gasteiger partial charge in [0.2, 0.25) is 0 Å². The summed E-state index contributed by atoms with van der Waals surface area (Å²) in [7, 11) is 1.77. The van der Waals surface area contributed by atoms with Gasteiger partial charge in [-0.1, -0.05) is 12.8 Å². The van der Waals surface area contributed by atoms with Crippen molar-refractivity contribution >= 4 is 5.97 Å². The quantitative estimate of drug-likeness (QED) is 0.840. The van der Waals surface area contributed by atoms with Crippen molar-refractivity contribution in [2.45, 2.75) is 69.6 Å². The highest BCUT2D eigenvalue weighted by Gasteiger charge is 2.34. The number of rotatable bonds is 3. The summed E-state index contributed by atoms with van der Waals surface area (Å²) in [6, 6.07) is 0.135. The van der Waals surface area contributed by atoms with Crippen LogP contribution in [0.25, 0.3) is 0 Å². The van der Waals surface area contributed by atoms with Gasteiger partial charge in [-0.05, 0) is 45.1 Å². The van der Waals surface area contributed by atoms with Crippen molar-refractivity contribution in [3.05, 3.63) is 0 Å². The zero-order chi connectivity index (χ0) is 13.0. The van der Waals surface area contributed by atoms with Gasteiger partial charge in [-0.3, -0.25) is 9.69 Å². The van der Waals surface area contributed by atoms with Gasteiger partial charge in [0.05, 0.1) is 6.10 Å². The Balaban J connectivity index is 2.04. The third-order valence-corrected chi connectivity index (χ3v) is 4.48. The first-order valence-electron chi connectivity index (χ1n) is 7.23. The van der Waals surface area contributed by atoms with Gasteiger partial charge in [-0.15, -0.1) is 0 Å². The molecule has 0 spiro atoms. The second-order valence-electron chi connectivity index (χ2n) is 5.62. The number of hydrogen-bond acceptors (Lipinski definition) is 3. The summed E-state index contributed by atoms with van der Waals surface area (Å²) in [5, 5.41) is 9.41. The van der Waals surface area contributed by atoms with Gasteiger partial charge in [0.1, 0.15) is 6.04 Å². The summed E-state index contributed by atoms with van der Waals surface area (Å²) in [6.45, 7) is 0.943. The van der Waals surface area contributed by atoms with Crippen LogP contribution in [0.15, 0.2) is 0 Å². The summed E-state index contributed by atoms with van der Waals surface area (Å²) in [5.41, 5.74) is 0. The van der Waals surface area contributed by atoms with E-state index < -0.39 is 5.97 Å². The topological polar surface area (TPSA) is 49.8 Å². The Hall–Kier alpha value is -0.610. The smallest absolute Gasteiger partial charge is 0.320 e. The first-order chi connectivity index (χ1) is 8.72. The molecule has 0 aromatic rings. The van der Waals surface area contributed by atoms with Crippen LogP contribution in [0, 0.1) is 0 Å². The predicted molar refractivity (Wildman–Crippen MR) is 69.7 cm³/mol. The van der Waals surface area contributed by atoms with Crippen LogP contribution >= 0.6 is 0 Å². The number of hydrogen-bond donors (Lipinski definition) is 1. The number of carbonyl (C=O) groups is 1. The number of carboxylic acids is 1. The van der Waals surface area contributed by atoms with E-state index in [4.69, 9.17) is 4.74 Å². The van der Waals surface area contributed by atoms with Gasteiger partial charge in [-0.25, -0.2) is 0 Å². The fraction of sp³-hybridized carbons (Fsp3) is 0.929. The van der Waals surface area contributed by atoms with Gasteiger partial charge in [0.25, 0.3) is 0 Å². The number of carboxylic acid groups (broad SMARTS) is 1. The lowest BCUT2D eigenvalue weighted by molar-refractivity contribution is -0.145. The third-order valence-electron chi connectivity index (χ3n) is 4.48. The van der Waals surface area contributed by atoms with Crippen molar-refractivity contribution in [2.24, 2.45) is 0 Å². The predicted octanol–water partition coefficient (Wildman–Crippen LogP) is 2.27. The van der Waals surface area contributed by atoms with Crippen LogP contribution in [0.2, 0.25) is 0 Å². The Labute approximate surface area is 109 Å². The molecular formula is C14H25NO3. The molecule has 2 aliphatic rings. The van der Waals surface area contributed by atoms with Gasteiger partial charge in [0, 0.05) is 13.2 Å². The van der Waals surface area contributed by atoms with Crippen LogP contribution in [-0.4, -0.2) is 47.8 Å². The molecule has 1 N–H and O–H groups in total. The molecular weight excluding hydrogens is 230 g/mol. The average Bonchev–Trinajstić information content (AvgIpc) is 2.64. The molecule has 1 aliphatic carbocycles. The maximum Gasteiger partial charge on any atom is 0.320 e. The van der Waals surface area contributed by atoms with Gasteiger partial charge >= 0.3 is 5.97 Å². The number of aliphatic carboxylic acids is 1. The normalized spacial score (nSPS) is 35.1. The molecule has 0 amide bonds. The highest BCUT2D eigenvalue weighted by atomic mass is 16.5. The molecule has 3 unspecified atom stereocenters. The highest BCUT2D eigenvalue weighted by molar-refractivity contribution is 5.73. The van der Waals surface area contributed by atoms with Crippen LogP contribution in [0.1, 0.15) is 51.4 Å². The standard InChI is InChI=1S/C14H25NO3/c1-18-12-7-5-6-11(10-12)15-9-4-2-3-8-13(15)14(16)17/h11-13H,2-10H2,1H3,(H,16,17). The first kappa shape index (κ1) is 13.8. The fourth-order valence-electron chi connectivity index (χ4n) is 3.47. The molecule has 3 atom stereocenters. The second kappa shape index (κ2) is 6.53. The molecule has 0 aromatic heterocycles. The number of likely N-dealkylation sites (tertiary alicyclic amines) is 1. The van der Waals surface area contributed by atoms with Crippen molar-refractivity contribution in [3.8, 4) is 0 Å². The Morgan fingerprint density at radius 1 is 1.17 bits per heavy atom. The monoisotopic (exact) mass is 255 g/mol. The molecule has 1 heterocycles. The zero-order valence-electron chi connectivity index (χ0n) is 11.3. The number of nitrogens with zero attached hydrogens (tertiary/aromatic N) is 1. The maximum absolute atomic E-state index is 11.4. The van der Waals surface area contributed by atoms with Crippen LogP contribution in [0.5, 0.6) is 0 Å². The molecule has 2 rings (SSSR count). The Bertz CT molecular complexity index is 282. The van der Waals surface area contributed by atoms with E-state index in [0.717, 1.165) is 51.5 Å². The average molecular weight is 255 g/mol. The SMILES string of the molecule is COC1CCCC(N2CCCCCC2C(=O)O)C1. The molecule has 2 fully saturated rings. The molecule has 18 heavy (non-hydrogen) atoms. The van der Waals surface area contributed by atoms with E-state index in [-0.39, 0.29) is 6.04 Å². The largest absolute Gasteiger partial charge is 0.480 e. The van der Waals surface area contributed by atoms with Gasteiger partial charge < -0.3 is 9.84 Å². The van der Waals surface area contributed by atoms with Gasteiger partial charge in [-0.2, -0.15) is 0 Å². The summed E-state index contributed by atoms with van der Waals surface area (Å²) in [5.74, 6) is -0.642. The number of ether oxygens (including phenoxy) is 1. The minimum Gasteiger partial charge on any atom is -0.480 e. The highest BCUT2D eigenvalue weighted by Crippen LogP contribution is 2.29. The van der Waals surface area contributed by atoms with Crippen molar-refractivity contribution in [1.82, 2.24) is 4.90 Å². The summed E-state index contributed by atoms with van der Waals surface area (Å²) >= 11 is 0. The first-order valence-corrected chi connectivity index (χ1v) is 7.23. The lowest BCUT2D eigenvalue weighted by Gasteiger charge is -2.39. The van der Waals surface area contributed by atoms with Crippen molar-refractivity contribution in [1.29, 1.82) is 0 Å². The summed E-state index contributed by atoms with van der Waals surface area (Å²) < 4.78 is 5.47. The van der Waals surface area contributed by atoms with Crippen molar-refractivity contribution in [3.63, 3.8) is 0 Å². The molecule has 0 bridgehead atoms. The Morgan fingerprint density at radius 3 is 2.72 bits per heavy atom. The van der Waals surface area contributed by atoms with Crippen molar-refractivity contribution < 1.29 is 14.6 Å². The fourth-order valence-corrected chi connectivity index (χ4v) is 3.47. The Kier molecular flexibility index (Phi) is 5.01. The zero-order valence-corrected chi connectivity index (χ0v) is 11.3. The van der Waals surface area contributed by atoms with Crippen LogP contribution in [0.4, 0.5) is 0 Å². The van der Waals surface area contributed by atoms with E-state index in [0.29, 0.717) is 12.1 Å². The molecule has 4 nitrogen and oxygen atoms in total. The lowest BCUT2D eigenvalue weighted by Crippen LogP contribution is -2.49. The lowest BCUT2D eigenvalue weighted by atomic mass is 9.90. The van der Waals surface area contributed by atoms with Gasteiger partial charge in [0.15, 0.2) is 0 Å². The molecule has 0 radical (unpaired) electrons. The van der Waals surface area contributed by atoms with E-state index in [1.165, 1.54) is 6.42 Å². The molecule has 104 valence electrons. The third kappa shape index (κ3) is 3.23. The molecule has 1 saturated carbocycles. The van der Waals surface area contributed by atoms with E-state index in [2.05, 4.69) is 4.90 Å². The summed E-state index contributed by atoms with van der Waals surface area (Å²) in [4.78, 5) is 13.7. The van der Waals surface area contributed by atoms with Crippen LogP contribution < -0.4 is 0 Å². The van der Waals surface area contributed by atoms with E-state index in [1.807, 2.05) is 0 Å². The minimum atomic E-state index is -0.642. The summed E-state index contributed by atoms with van der Waals surface area (Å²) in [6.07, 6.45) is 8.89. The van der Waals surface area contributed by atoms with Crippen LogP contribution in [-0.2, 0) is 9.53 Å². The minimum absolute atomic E-state index is 0.270. The molecule has 4 heteroatoms. The Morgan fingerprint density at radius 2 is 2.00 bits per heavy atom. The van der Waals surface area contributed by atoms with Crippen molar-refractivity contribution in [2.75, 3.05) is 13.7 Å². The molecule has 0 aromatic carbocycles. The molecule has 1 saturated heterocycles. The van der Waals surface area contributed by atoms with E-state index in [9.17, 15) is 9.90 Å².